The number of hydrogen-bond donors (Lipinski definition) is 1. The molecule has 2 saturated heterocycles. The first-order valence-electron chi connectivity index (χ1n) is 9.13. The van der Waals surface area contributed by atoms with E-state index in [9.17, 15) is 0 Å². The lowest BCUT2D eigenvalue weighted by Crippen LogP contribution is -2.56. The first kappa shape index (κ1) is 17.2. The number of fused-ring (bicyclic) bond motifs is 1. The SMILES string of the molecule is CCCNC(CCN1CC2CCCN2CC1C)C(C)(C)C. The van der Waals surface area contributed by atoms with E-state index in [0.29, 0.717) is 11.5 Å². The third-order valence-corrected chi connectivity index (χ3v) is 5.46. The van der Waals surface area contributed by atoms with Crippen molar-refractivity contribution < 1.29 is 0 Å². The summed E-state index contributed by atoms with van der Waals surface area (Å²) in [6.07, 6.45) is 5.33. The molecule has 0 radical (unpaired) electrons. The highest BCUT2D eigenvalue weighted by molar-refractivity contribution is 4.91. The highest BCUT2D eigenvalue weighted by Crippen LogP contribution is 2.26. The summed E-state index contributed by atoms with van der Waals surface area (Å²) >= 11 is 0. The van der Waals surface area contributed by atoms with Gasteiger partial charge in [-0.3, -0.25) is 9.80 Å². The summed E-state index contributed by atoms with van der Waals surface area (Å²) in [5.74, 6) is 0. The van der Waals surface area contributed by atoms with Crippen LogP contribution in [-0.2, 0) is 0 Å². The molecule has 0 aromatic rings. The van der Waals surface area contributed by atoms with Gasteiger partial charge in [0.05, 0.1) is 0 Å². The predicted octanol–water partition coefficient (Wildman–Crippen LogP) is 2.96. The van der Waals surface area contributed by atoms with E-state index >= 15 is 0 Å². The van der Waals surface area contributed by atoms with Crippen LogP contribution in [0.25, 0.3) is 0 Å². The average Bonchev–Trinajstić information content (AvgIpc) is 2.84. The highest BCUT2D eigenvalue weighted by atomic mass is 15.3. The third-order valence-electron chi connectivity index (χ3n) is 5.46. The van der Waals surface area contributed by atoms with Crippen LogP contribution in [0.3, 0.4) is 0 Å². The molecule has 0 amide bonds. The quantitative estimate of drug-likeness (QED) is 0.813. The molecule has 3 nitrogen and oxygen atoms in total. The Hall–Kier alpha value is -0.120. The van der Waals surface area contributed by atoms with Gasteiger partial charge < -0.3 is 5.32 Å². The van der Waals surface area contributed by atoms with Crippen LogP contribution < -0.4 is 5.32 Å². The molecular weight excluding hydrogens is 258 g/mol. The Kier molecular flexibility index (Phi) is 6.10. The normalized spacial score (nSPS) is 29.6. The Labute approximate surface area is 132 Å². The fourth-order valence-electron chi connectivity index (χ4n) is 4.01. The molecule has 124 valence electrons. The lowest BCUT2D eigenvalue weighted by Gasteiger charge is -2.43. The van der Waals surface area contributed by atoms with Crippen LogP contribution in [0.1, 0.15) is 60.3 Å². The Morgan fingerprint density at radius 3 is 2.67 bits per heavy atom. The van der Waals surface area contributed by atoms with E-state index in [1.807, 2.05) is 0 Å². The van der Waals surface area contributed by atoms with Crippen molar-refractivity contribution in [2.45, 2.75) is 78.4 Å². The van der Waals surface area contributed by atoms with Gasteiger partial charge in [-0.15, -0.1) is 0 Å². The van der Waals surface area contributed by atoms with Gasteiger partial charge in [-0.1, -0.05) is 27.7 Å². The Morgan fingerprint density at radius 2 is 2.00 bits per heavy atom. The number of rotatable bonds is 6. The Morgan fingerprint density at radius 1 is 1.24 bits per heavy atom. The second-order valence-electron chi connectivity index (χ2n) is 8.30. The molecule has 0 aliphatic carbocycles. The molecule has 3 atom stereocenters. The second-order valence-corrected chi connectivity index (χ2v) is 8.30. The summed E-state index contributed by atoms with van der Waals surface area (Å²) < 4.78 is 0. The molecule has 0 saturated carbocycles. The predicted molar refractivity (Wildman–Crippen MR) is 91.8 cm³/mol. The van der Waals surface area contributed by atoms with Crippen LogP contribution in [0.4, 0.5) is 0 Å². The van der Waals surface area contributed by atoms with Crippen LogP contribution in [-0.4, -0.2) is 60.6 Å². The summed E-state index contributed by atoms with van der Waals surface area (Å²) in [7, 11) is 0. The van der Waals surface area contributed by atoms with Gasteiger partial charge in [0, 0.05) is 37.8 Å². The zero-order chi connectivity index (χ0) is 15.5. The van der Waals surface area contributed by atoms with Crippen LogP contribution in [0.2, 0.25) is 0 Å². The van der Waals surface area contributed by atoms with Gasteiger partial charge in [-0.25, -0.2) is 0 Å². The fourth-order valence-corrected chi connectivity index (χ4v) is 4.01. The van der Waals surface area contributed by atoms with Gasteiger partial charge in [0.25, 0.3) is 0 Å². The van der Waals surface area contributed by atoms with Crippen molar-refractivity contribution in [2.75, 3.05) is 32.7 Å². The molecule has 1 N–H and O–H groups in total. The van der Waals surface area contributed by atoms with E-state index in [0.717, 1.165) is 18.6 Å². The maximum atomic E-state index is 3.77. The maximum Gasteiger partial charge on any atom is 0.0224 e. The molecule has 21 heavy (non-hydrogen) atoms. The minimum Gasteiger partial charge on any atom is -0.313 e. The third kappa shape index (κ3) is 4.67. The summed E-state index contributed by atoms with van der Waals surface area (Å²) in [6.45, 7) is 18.1. The molecule has 0 aromatic carbocycles. The van der Waals surface area contributed by atoms with E-state index in [-0.39, 0.29) is 0 Å². The number of nitrogens with zero attached hydrogens (tertiary/aromatic N) is 2. The standard InChI is InChI=1S/C18H37N3/c1-6-10-19-17(18(3,4)5)9-12-20-14-16-8-7-11-21(16)13-15(20)2/h15-17,19H,6-14H2,1-5H3. The number of hydrogen-bond acceptors (Lipinski definition) is 3. The van der Waals surface area contributed by atoms with Crippen LogP contribution in [0.15, 0.2) is 0 Å². The number of piperazine rings is 1. The molecule has 2 fully saturated rings. The topological polar surface area (TPSA) is 18.5 Å². The van der Waals surface area contributed by atoms with E-state index in [4.69, 9.17) is 0 Å². The smallest absolute Gasteiger partial charge is 0.0224 e. The first-order chi connectivity index (χ1) is 9.91. The molecule has 0 spiro atoms. The minimum absolute atomic E-state index is 0.355. The molecule has 0 bridgehead atoms. The van der Waals surface area contributed by atoms with Gasteiger partial charge in [0.2, 0.25) is 0 Å². The molecule has 2 aliphatic rings. The zero-order valence-corrected chi connectivity index (χ0v) is 15.0. The van der Waals surface area contributed by atoms with Crippen molar-refractivity contribution in [3.63, 3.8) is 0 Å². The monoisotopic (exact) mass is 295 g/mol. The molecule has 2 heterocycles. The fraction of sp³-hybridized carbons (Fsp3) is 1.00. The van der Waals surface area contributed by atoms with E-state index in [2.05, 4.69) is 49.7 Å². The molecule has 3 heteroatoms. The maximum absolute atomic E-state index is 3.77. The lowest BCUT2D eigenvalue weighted by molar-refractivity contribution is 0.0530. The summed E-state index contributed by atoms with van der Waals surface area (Å²) in [5.41, 5.74) is 0.355. The van der Waals surface area contributed by atoms with E-state index in [1.165, 1.54) is 51.9 Å². The Bertz CT molecular complexity index is 310. The molecule has 2 aliphatic heterocycles. The van der Waals surface area contributed by atoms with E-state index in [1.54, 1.807) is 0 Å². The molecular formula is C18H37N3. The van der Waals surface area contributed by atoms with Crippen molar-refractivity contribution in [1.82, 2.24) is 15.1 Å². The van der Waals surface area contributed by atoms with E-state index < -0.39 is 0 Å². The lowest BCUT2D eigenvalue weighted by atomic mass is 9.84. The number of nitrogens with one attached hydrogen (secondary N) is 1. The summed E-state index contributed by atoms with van der Waals surface area (Å²) in [4.78, 5) is 5.47. The van der Waals surface area contributed by atoms with Crippen molar-refractivity contribution in [2.24, 2.45) is 5.41 Å². The zero-order valence-electron chi connectivity index (χ0n) is 15.0. The summed E-state index contributed by atoms with van der Waals surface area (Å²) in [5, 5.41) is 3.77. The first-order valence-corrected chi connectivity index (χ1v) is 9.13. The molecule has 2 rings (SSSR count). The van der Waals surface area contributed by atoms with Gasteiger partial charge >= 0.3 is 0 Å². The molecule has 3 unspecified atom stereocenters. The van der Waals surface area contributed by atoms with Gasteiger partial charge in [0.15, 0.2) is 0 Å². The van der Waals surface area contributed by atoms with Gasteiger partial charge in [0.1, 0.15) is 0 Å². The summed E-state index contributed by atoms with van der Waals surface area (Å²) in [6, 6.07) is 2.20. The minimum atomic E-state index is 0.355. The van der Waals surface area contributed by atoms with Crippen molar-refractivity contribution in [1.29, 1.82) is 0 Å². The molecule has 0 aromatic heterocycles. The van der Waals surface area contributed by atoms with Crippen molar-refractivity contribution in [3.8, 4) is 0 Å². The van der Waals surface area contributed by atoms with Crippen LogP contribution in [0, 0.1) is 5.41 Å². The van der Waals surface area contributed by atoms with Crippen molar-refractivity contribution >= 4 is 0 Å². The Balaban J connectivity index is 1.84. The average molecular weight is 296 g/mol. The van der Waals surface area contributed by atoms with Gasteiger partial charge in [-0.2, -0.15) is 0 Å². The largest absolute Gasteiger partial charge is 0.313 e. The van der Waals surface area contributed by atoms with Gasteiger partial charge in [-0.05, 0) is 51.1 Å². The second kappa shape index (κ2) is 7.43. The van der Waals surface area contributed by atoms with Crippen molar-refractivity contribution in [3.05, 3.63) is 0 Å². The highest BCUT2D eigenvalue weighted by Gasteiger charge is 2.34. The van der Waals surface area contributed by atoms with Crippen LogP contribution >= 0.6 is 0 Å². The van der Waals surface area contributed by atoms with Crippen LogP contribution in [0.5, 0.6) is 0 Å².